The van der Waals surface area contributed by atoms with Gasteiger partial charge in [0.25, 0.3) is 5.56 Å². The number of hydrogen-bond acceptors (Lipinski definition) is 4. The van der Waals surface area contributed by atoms with Gasteiger partial charge in [-0.05, 0) is 24.1 Å². The molecular formula is C14H15FN2O3. The van der Waals surface area contributed by atoms with E-state index in [-0.39, 0.29) is 11.4 Å². The first-order valence-electron chi connectivity index (χ1n) is 6.19. The average molecular weight is 278 g/mol. The SMILES string of the molecule is COCCCc1nc(O)c(-c2ccc(F)cc2)c(=O)[nH]1. The Bertz CT molecular complexity index is 638. The summed E-state index contributed by atoms with van der Waals surface area (Å²) in [7, 11) is 1.59. The summed E-state index contributed by atoms with van der Waals surface area (Å²) in [5.41, 5.74) is 0.0121. The molecule has 1 aromatic carbocycles. The number of benzene rings is 1. The van der Waals surface area contributed by atoms with E-state index in [1.54, 1.807) is 7.11 Å². The number of ether oxygens (including phenoxy) is 1. The Hall–Kier alpha value is -2.21. The number of aromatic nitrogens is 2. The molecule has 0 radical (unpaired) electrons. The van der Waals surface area contributed by atoms with Gasteiger partial charge in [-0.15, -0.1) is 0 Å². The predicted octanol–water partition coefficient (Wildman–Crippen LogP) is 1.86. The Morgan fingerprint density at radius 3 is 2.65 bits per heavy atom. The van der Waals surface area contributed by atoms with Gasteiger partial charge in [0.2, 0.25) is 5.88 Å². The number of methoxy groups -OCH3 is 1. The smallest absolute Gasteiger partial charge is 0.262 e. The predicted molar refractivity (Wildman–Crippen MR) is 72.1 cm³/mol. The lowest BCUT2D eigenvalue weighted by atomic mass is 10.1. The van der Waals surface area contributed by atoms with Crippen molar-refractivity contribution in [1.29, 1.82) is 0 Å². The Morgan fingerprint density at radius 2 is 2.05 bits per heavy atom. The number of rotatable bonds is 5. The van der Waals surface area contributed by atoms with E-state index in [0.29, 0.717) is 30.8 Å². The van der Waals surface area contributed by atoms with Crippen LogP contribution in [-0.4, -0.2) is 28.8 Å². The van der Waals surface area contributed by atoms with Crippen molar-refractivity contribution >= 4 is 0 Å². The molecule has 0 aliphatic carbocycles. The second kappa shape index (κ2) is 6.29. The highest BCUT2D eigenvalue weighted by Crippen LogP contribution is 2.23. The van der Waals surface area contributed by atoms with Crippen molar-refractivity contribution in [1.82, 2.24) is 9.97 Å². The van der Waals surface area contributed by atoms with E-state index < -0.39 is 11.4 Å². The number of aromatic amines is 1. The van der Waals surface area contributed by atoms with Crippen LogP contribution in [0.3, 0.4) is 0 Å². The molecule has 0 unspecified atom stereocenters. The molecule has 2 aromatic rings. The summed E-state index contributed by atoms with van der Waals surface area (Å²) in [6.07, 6.45) is 1.19. The Kier molecular flexibility index (Phi) is 4.47. The lowest BCUT2D eigenvalue weighted by Gasteiger charge is -2.06. The molecule has 0 atom stereocenters. The number of H-pyrrole nitrogens is 1. The molecule has 0 saturated carbocycles. The maximum Gasteiger partial charge on any atom is 0.262 e. The number of aromatic hydroxyl groups is 1. The minimum absolute atomic E-state index is 0.0421. The molecule has 0 aliphatic rings. The van der Waals surface area contributed by atoms with E-state index in [1.165, 1.54) is 24.3 Å². The van der Waals surface area contributed by atoms with Gasteiger partial charge in [-0.2, -0.15) is 4.98 Å². The summed E-state index contributed by atoms with van der Waals surface area (Å²) in [6, 6.07) is 5.29. The summed E-state index contributed by atoms with van der Waals surface area (Å²) in [5, 5.41) is 9.90. The van der Waals surface area contributed by atoms with Gasteiger partial charge in [0, 0.05) is 20.1 Å². The van der Waals surface area contributed by atoms with E-state index in [1.807, 2.05) is 0 Å². The van der Waals surface area contributed by atoms with E-state index >= 15 is 0 Å². The molecule has 0 bridgehead atoms. The number of nitrogens with zero attached hydrogens (tertiary/aromatic N) is 1. The molecule has 5 nitrogen and oxygen atoms in total. The summed E-state index contributed by atoms with van der Waals surface area (Å²) in [6.45, 7) is 0.546. The summed E-state index contributed by atoms with van der Waals surface area (Å²) in [4.78, 5) is 18.6. The van der Waals surface area contributed by atoms with Crippen LogP contribution in [0.15, 0.2) is 29.1 Å². The van der Waals surface area contributed by atoms with Gasteiger partial charge in [-0.25, -0.2) is 4.39 Å². The maximum atomic E-state index is 12.9. The molecule has 0 amide bonds. The lowest BCUT2D eigenvalue weighted by Crippen LogP contribution is -2.14. The molecule has 0 aliphatic heterocycles. The van der Waals surface area contributed by atoms with Crippen LogP contribution in [0.2, 0.25) is 0 Å². The summed E-state index contributed by atoms with van der Waals surface area (Å²) in [5.74, 6) is -0.364. The van der Waals surface area contributed by atoms with Crippen LogP contribution < -0.4 is 5.56 Å². The first kappa shape index (κ1) is 14.2. The fourth-order valence-corrected chi connectivity index (χ4v) is 1.89. The van der Waals surface area contributed by atoms with Crippen molar-refractivity contribution in [3.05, 3.63) is 46.3 Å². The highest BCUT2D eigenvalue weighted by atomic mass is 19.1. The van der Waals surface area contributed by atoms with Crippen LogP contribution in [0.5, 0.6) is 5.88 Å². The molecular weight excluding hydrogens is 263 g/mol. The molecule has 0 fully saturated rings. The Labute approximate surface area is 115 Å². The highest BCUT2D eigenvalue weighted by molar-refractivity contribution is 5.66. The van der Waals surface area contributed by atoms with Gasteiger partial charge in [0.1, 0.15) is 17.2 Å². The third-order valence-corrected chi connectivity index (χ3v) is 2.84. The fraction of sp³-hybridized carbons (Fsp3) is 0.286. The highest BCUT2D eigenvalue weighted by Gasteiger charge is 2.12. The quantitative estimate of drug-likeness (QED) is 0.819. The largest absolute Gasteiger partial charge is 0.493 e. The van der Waals surface area contributed by atoms with Gasteiger partial charge in [0.05, 0.1) is 0 Å². The molecule has 106 valence electrons. The molecule has 2 rings (SSSR count). The minimum atomic E-state index is -0.448. The van der Waals surface area contributed by atoms with Crippen LogP contribution in [0.4, 0.5) is 4.39 Å². The summed E-state index contributed by atoms with van der Waals surface area (Å²) < 4.78 is 17.8. The van der Waals surface area contributed by atoms with Crippen molar-refractivity contribution in [3.63, 3.8) is 0 Å². The van der Waals surface area contributed by atoms with Gasteiger partial charge < -0.3 is 14.8 Å². The molecule has 2 N–H and O–H groups in total. The third kappa shape index (κ3) is 3.21. The van der Waals surface area contributed by atoms with E-state index in [2.05, 4.69) is 9.97 Å². The molecule has 1 heterocycles. The van der Waals surface area contributed by atoms with Crippen molar-refractivity contribution in [2.75, 3.05) is 13.7 Å². The monoisotopic (exact) mass is 278 g/mol. The first-order valence-corrected chi connectivity index (χ1v) is 6.19. The van der Waals surface area contributed by atoms with Gasteiger partial charge in [-0.1, -0.05) is 12.1 Å². The summed E-state index contributed by atoms with van der Waals surface area (Å²) >= 11 is 0. The number of hydrogen-bond donors (Lipinski definition) is 2. The van der Waals surface area contributed by atoms with Crippen LogP contribution in [-0.2, 0) is 11.2 Å². The average Bonchev–Trinajstić information content (AvgIpc) is 2.40. The minimum Gasteiger partial charge on any atom is -0.493 e. The first-order chi connectivity index (χ1) is 9.61. The van der Waals surface area contributed by atoms with Crippen molar-refractivity contribution in [2.24, 2.45) is 0 Å². The standard InChI is InChI=1S/C14H15FN2O3/c1-20-8-2-3-11-16-13(18)12(14(19)17-11)9-4-6-10(15)7-5-9/h4-7H,2-3,8H2,1H3,(H2,16,17,18,19). The molecule has 0 saturated heterocycles. The Morgan fingerprint density at radius 1 is 1.35 bits per heavy atom. The van der Waals surface area contributed by atoms with Gasteiger partial charge in [0.15, 0.2) is 0 Å². The van der Waals surface area contributed by atoms with Crippen molar-refractivity contribution in [2.45, 2.75) is 12.8 Å². The van der Waals surface area contributed by atoms with Crippen molar-refractivity contribution < 1.29 is 14.2 Å². The van der Waals surface area contributed by atoms with Crippen molar-refractivity contribution in [3.8, 4) is 17.0 Å². The van der Waals surface area contributed by atoms with E-state index in [4.69, 9.17) is 4.74 Å². The second-order valence-corrected chi connectivity index (χ2v) is 4.31. The fourth-order valence-electron chi connectivity index (χ4n) is 1.89. The normalized spacial score (nSPS) is 10.7. The van der Waals surface area contributed by atoms with Crippen LogP contribution in [0.1, 0.15) is 12.2 Å². The topological polar surface area (TPSA) is 75.2 Å². The second-order valence-electron chi connectivity index (χ2n) is 4.31. The molecule has 1 aromatic heterocycles. The number of halogens is 1. The zero-order chi connectivity index (χ0) is 14.5. The van der Waals surface area contributed by atoms with Crippen LogP contribution in [0.25, 0.3) is 11.1 Å². The van der Waals surface area contributed by atoms with Crippen LogP contribution in [0, 0.1) is 5.82 Å². The molecule has 20 heavy (non-hydrogen) atoms. The number of nitrogens with one attached hydrogen (secondary N) is 1. The van der Waals surface area contributed by atoms with Gasteiger partial charge in [-0.3, -0.25) is 4.79 Å². The van der Waals surface area contributed by atoms with Crippen LogP contribution >= 0.6 is 0 Å². The number of aryl methyl sites for hydroxylation is 1. The van der Waals surface area contributed by atoms with Gasteiger partial charge >= 0.3 is 0 Å². The van der Waals surface area contributed by atoms with E-state index in [9.17, 15) is 14.3 Å². The Balaban J connectivity index is 2.31. The lowest BCUT2D eigenvalue weighted by molar-refractivity contribution is 0.194. The maximum absolute atomic E-state index is 12.9. The third-order valence-electron chi connectivity index (χ3n) is 2.84. The van der Waals surface area contributed by atoms with E-state index in [0.717, 1.165) is 0 Å². The zero-order valence-corrected chi connectivity index (χ0v) is 11.0. The molecule has 0 spiro atoms. The zero-order valence-electron chi connectivity index (χ0n) is 11.0. The molecule has 6 heteroatoms.